The van der Waals surface area contributed by atoms with Gasteiger partial charge in [0.15, 0.2) is 0 Å². The Hall–Kier alpha value is -1.51. The first-order chi connectivity index (χ1) is 6.99. The predicted octanol–water partition coefficient (Wildman–Crippen LogP) is 2.44. The van der Waals surface area contributed by atoms with Gasteiger partial charge in [-0.15, -0.1) is 0 Å². The minimum absolute atomic E-state index is 0.0662. The summed E-state index contributed by atoms with van der Waals surface area (Å²) in [5.41, 5.74) is 2.84. The minimum Gasteiger partial charge on any atom is -0.481 e. The number of anilines is 1. The lowest BCUT2D eigenvalue weighted by molar-refractivity contribution is -0.136. The van der Waals surface area contributed by atoms with Crippen LogP contribution in [-0.2, 0) is 11.2 Å². The third-order valence-electron chi connectivity index (χ3n) is 2.05. The standard InChI is InChI=1S/C12H17NO2/c1-8(2)13-11-5-4-9(3)6-10(11)7-12(14)15/h4-6,8,13H,7H2,1-3H3,(H,14,15). The molecule has 0 fully saturated rings. The average molecular weight is 207 g/mol. The van der Waals surface area contributed by atoms with E-state index in [2.05, 4.69) is 5.32 Å². The van der Waals surface area contributed by atoms with E-state index in [-0.39, 0.29) is 6.42 Å². The van der Waals surface area contributed by atoms with Crippen LogP contribution < -0.4 is 5.32 Å². The van der Waals surface area contributed by atoms with Gasteiger partial charge in [-0.05, 0) is 32.4 Å². The van der Waals surface area contributed by atoms with E-state index >= 15 is 0 Å². The van der Waals surface area contributed by atoms with Gasteiger partial charge in [-0.25, -0.2) is 0 Å². The van der Waals surface area contributed by atoms with Crippen LogP contribution in [0.4, 0.5) is 5.69 Å². The van der Waals surface area contributed by atoms with Gasteiger partial charge in [-0.3, -0.25) is 4.79 Å². The van der Waals surface area contributed by atoms with Gasteiger partial charge in [-0.2, -0.15) is 0 Å². The lowest BCUT2D eigenvalue weighted by atomic mass is 10.1. The van der Waals surface area contributed by atoms with Gasteiger partial charge in [-0.1, -0.05) is 17.7 Å². The zero-order chi connectivity index (χ0) is 11.4. The quantitative estimate of drug-likeness (QED) is 0.797. The van der Waals surface area contributed by atoms with Crippen molar-refractivity contribution in [3.05, 3.63) is 29.3 Å². The van der Waals surface area contributed by atoms with Gasteiger partial charge >= 0.3 is 5.97 Å². The van der Waals surface area contributed by atoms with Crippen LogP contribution in [-0.4, -0.2) is 17.1 Å². The summed E-state index contributed by atoms with van der Waals surface area (Å²) in [6.45, 7) is 6.03. The van der Waals surface area contributed by atoms with Gasteiger partial charge in [0.25, 0.3) is 0 Å². The SMILES string of the molecule is Cc1ccc(NC(C)C)c(CC(=O)O)c1. The Labute approximate surface area is 90.1 Å². The van der Waals surface area contributed by atoms with Gasteiger partial charge in [0.05, 0.1) is 6.42 Å². The second kappa shape index (κ2) is 4.82. The summed E-state index contributed by atoms with van der Waals surface area (Å²) in [6, 6.07) is 6.14. The number of nitrogens with one attached hydrogen (secondary N) is 1. The van der Waals surface area contributed by atoms with Crippen molar-refractivity contribution >= 4 is 11.7 Å². The molecular formula is C12H17NO2. The molecule has 3 heteroatoms. The molecule has 0 aliphatic heterocycles. The Morgan fingerprint density at radius 2 is 2.13 bits per heavy atom. The molecule has 0 bridgehead atoms. The Kier molecular flexibility index (Phi) is 3.72. The molecule has 1 rings (SSSR count). The summed E-state index contributed by atoms with van der Waals surface area (Å²) >= 11 is 0. The van der Waals surface area contributed by atoms with E-state index in [4.69, 9.17) is 5.11 Å². The van der Waals surface area contributed by atoms with Crippen molar-refractivity contribution in [3.8, 4) is 0 Å². The highest BCUT2D eigenvalue weighted by Gasteiger charge is 2.07. The number of aryl methyl sites for hydroxylation is 1. The van der Waals surface area contributed by atoms with E-state index in [1.165, 1.54) is 0 Å². The van der Waals surface area contributed by atoms with Crippen molar-refractivity contribution in [2.45, 2.75) is 33.2 Å². The van der Waals surface area contributed by atoms with Gasteiger partial charge in [0.1, 0.15) is 0 Å². The Balaban J connectivity index is 2.97. The summed E-state index contributed by atoms with van der Waals surface area (Å²) in [4.78, 5) is 10.7. The molecule has 0 radical (unpaired) electrons. The summed E-state index contributed by atoms with van der Waals surface area (Å²) in [5.74, 6) is -0.799. The maximum atomic E-state index is 10.7. The molecule has 0 saturated heterocycles. The van der Waals surface area contributed by atoms with E-state index in [0.717, 1.165) is 16.8 Å². The molecule has 0 saturated carbocycles. The van der Waals surface area contributed by atoms with Crippen molar-refractivity contribution in [1.82, 2.24) is 0 Å². The van der Waals surface area contributed by atoms with Crippen molar-refractivity contribution in [2.24, 2.45) is 0 Å². The molecule has 82 valence electrons. The maximum absolute atomic E-state index is 10.7. The van der Waals surface area contributed by atoms with Crippen molar-refractivity contribution in [1.29, 1.82) is 0 Å². The fourth-order valence-electron chi connectivity index (χ4n) is 1.48. The van der Waals surface area contributed by atoms with Gasteiger partial charge < -0.3 is 10.4 Å². The topological polar surface area (TPSA) is 49.3 Å². The molecule has 1 aromatic rings. The predicted molar refractivity (Wildman–Crippen MR) is 61.3 cm³/mol. The lowest BCUT2D eigenvalue weighted by Gasteiger charge is -2.14. The number of hydrogen-bond donors (Lipinski definition) is 2. The lowest BCUT2D eigenvalue weighted by Crippen LogP contribution is -2.13. The molecule has 0 amide bonds. The largest absolute Gasteiger partial charge is 0.481 e. The zero-order valence-corrected chi connectivity index (χ0v) is 9.37. The summed E-state index contributed by atoms with van der Waals surface area (Å²) < 4.78 is 0. The summed E-state index contributed by atoms with van der Waals surface area (Å²) in [6.07, 6.45) is 0.0662. The molecule has 0 aromatic heterocycles. The molecule has 0 heterocycles. The molecular weight excluding hydrogens is 190 g/mol. The van der Waals surface area contributed by atoms with Crippen molar-refractivity contribution in [2.75, 3.05) is 5.32 Å². The number of rotatable bonds is 4. The summed E-state index contributed by atoms with van der Waals surface area (Å²) in [7, 11) is 0. The fourth-order valence-corrected chi connectivity index (χ4v) is 1.48. The third kappa shape index (κ3) is 3.62. The highest BCUT2D eigenvalue weighted by atomic mass is 16.4. The molecule has 1 aromatic carbocycles. The number of carboxylic acid groups (broad SMARTS) is 1. The van der Waals surface area contributed by atoms with E-state index in [1.807, 2.05) is 39.0 Å². The minimum atomic E-state index is -0.799. The number of hydrogen-bond acceptors (Lipinski definition) is 2. The van der Waals surface area contributed by atoms with E-state index in [0.29, 0.717) is 6.04 Å². The molecule has 0 aliphatic rings. The smallest absolute Gasteiger partial charge is 0.307 e. The highest BCUT2D eigenvalue weighted by molar-refractivity contribution is 5.73. The first-order valence-electron chi connectivity index (χ1n) is 5.07. The fraction of sp³-hybridized carbons (Fsp3) is 0.417. The van der Waals surface area contributed by atoms with Crippen LogP contribution in [0.5, 0.6) is 0 Å². The second-order valence-corrected chi connectivity index (χ2v) is 4.03. The van der Waals surface area contributed by atoms with Crippen LogP contribution in [0.15, 0.2) is 18.2 Å². The number of aliphatic carboxylic acids is 1. The second-order valence-electron chi connectivity index (χ2n) is 4.03. The summed E-state index contributed by atoms with van der Waals surface area (Å²) in [5, 5.41) is 12.0. The molecule has 0 spiro atoms. The zero-order valence-electron chi connectivity index (χ0n) is 9.37. The number of carbonyl (C=O) groups is 1. The van der Waals surface area contributed by atoms with Crippen LogP contribution >= 0.6 is 0 Å². The molecule has 0 atom stereocenters. The maximum Gasteiger partial charge on any atom is 0.307 e. The monoisotopic (exact) mass is 207 g/mol. The normalized spacial score (nSPS) is 10.4. The third-order valence-corrected chi connectivity index (χ3v) is 2.05. The van der Waals surface area contributed by atoms with Gasteiger partial charge in [0.2, 0.25) is 0 Å². The number of benzene rings is 1. The van der Waals surface area contributed by atoms with Crippen LogP contribution in [0.1, 0.15) is 25.0 Å². The first kappa shape index (κ1) is 11.6. The Bertz CT molecular complexity index is 359. The van der Waals surface area contributed by atoms with E-state index < -0.39 is 5.97 Å². The van der Waals surface area contributed by atoms with Crippen LogP contribution in [0.25, 0.3) is 0 Å². The number of carboxylic acids is 1. The molecule has 0 aliphatic carbocycles. The Morgan fingerprint density at radius 3 is 2.67 bits per heavy atom. The van der Waals surface area contributed by atoms with Crippen LogP contribution in [0.2, 0.25) is 0 Å². The average Bonchev–Trinajstić information content (AvgIpc) is 2.08. The molecule has 15 heavy (non-hydrogen) atoms. The molecule has 0 unspecified atom stereocenters. The van der Waals surface area contributed by atoms with E-state index in [9.17, 15) is 4.79 Å². The highest BCUT2D eigenvalue weighted by Crippen LogP contribution is 2.18. The first-order valence-corrected chi connectivity index (χ1v) is 5.07. The van der Waals surface area contributed by atoms with Crippen molar-refractivity contribution < 1.29 is 9.90 Å². The molecule has 3 nitrogen and oxygen atoms in total. The van der Waals surface area contributed by atoms with Crippen LogP contribution in [0.3, 0.4) is 0 Å². The van der Waals surface area contributed by atoms with Gasteiger partial charge in [0, 0.05) is 11.7 Å². The van der Waals surface area contributed by atoms with Crippen LogP contribution in [0, 0.1) is 6.92 Å². The van der Waals surface area contributed by atoms with E-state index in [1.54, 1.807) is 0 Å². The van der Waals surface area contributed by atoms with Crippen molar-refractivity contribution in [3.63, 3.8) is 0 Å². The molecule has 2 N–H and O–H groups in total. The Morgan fingerprint density at radius 1 is 1.47 bits per heavy atom.